The minimum absolute atomic E-state index is 0.474. The minimum atomic E-state index is -0.615. The highest BCUT2D eigenvalue weighted by molar-refractivity contribution is 6.30. The van der Waals surface area contributed by atoms with Gasteiger partial charge < -0.3 is 10.4 Å². The van der Waals surface area contributed by atoms with E-state index >= 15 is 0 Å². The number of halogens is 1. The van der Waals surface area contributed by atoms with E-state index in [2.05, 4.69) is 22.2 Å². The van der Waals surface area contributed by atoms with Crippen molar-refractivity contribution < 1.29 is 5.11 Å². The van der Waals surface area contributed by atoms with Gasteiger partial charge in [0.15, 0.2) is 0 Å². The van der Waals surface area contributed by atoms with Crippen LogP contribution < -0.4 is 5.32 Å². The molecule has 2 saturated carbocycles. The molecule has 0 unspecified atom stereocenters. The van der Waals surface area contributed by atoms with E-state index in [0.717, 1.165) is 61.6 Å². The van der Waals surface area contributed by atoms with Crippen LogP contribution in [0.2, 0.25) is 5.15 Å². The Morgan fingerprint density at radius 2 is 1.90 bits per heavy atom. The van der Waals surface area contributed by atoms with Crippen molar-refractivity contribution in [3.63, 3.8) is 0 Å². The van der Waals surface area contributed by atoms with Crippen LogP contribution in [0.3, 0.4) is 0 Å². The maximum Gasteiger partial charge on any atom is 0.137 e. The van der Waals surface area contributed by atoms with Crippen LogP contribution in [0.4, 0.5) is 5.82 Å². The predicted molar refractivity (Wildman–Crippen MR) is 84.8 cm³/mol. The smallest absolute Gasteiger partial charge is 0.137 e. The van der Waals surface area contributed by atoms with Crippen molar-refractivity contribution in [2.75, 3.05) is 11.9 Å². The van der Waals surface area contributed by atoms with Crippen LogP contribution in [0.5, 0.6) is 0 Å². The summed E-state index contributed by atoms with van der Waals surface area (Å²) >= 11 is 6.21. The van der Waals surface area contributed by atoms with Crippen molar-refractivity contribution in [2.24, 2.45) is 5.92 Å². The molecule has 2 fully saturated rings. The van der Waals surface area contributed by atoms with Crippen LogP contribution in [-0.2, 0) is 0 Å². The molecule has 0 bridgehead atoms. The van der Waals surface area contributed by atoms with Crippen LogP contribution in [0.15, 0.2) is 0 Å². The molecular formula is C16H24ClN3O. The fraction of sp³-hybridized carbons (Fsp3) is 0.750. The van der Waals surface area contributed by atoms with Crippen molar-refractivity contribution in [1.29, 1.82) is 0 Å². The number of nitrogens with one attached hydrogen (secondary N) is 1. The third-order valence-electron chi connectivity index (χ3n) is 4.84. The first-order chi connectivity index (χ1) is 9.97. The van der Waals surface area contributed by atoms with Crippen LogP contribution in [0, 0.1) is 12.8 Å². The van der Waals surface area contributed by atoms with Crippen LogP contribution in [0.25, 0.3) is 0 Å². The lowest BCUT2D eigenvalue weighted by molar-refractivity contribution is 0.00493. The zero-order chi connectivity index (χ0) is 15.0. The van der Waals surface area contributed by atoms with Crippen molar-refractivity contribution in [2.45, 2.75) is 63.9 Å². The summed E-state index contributed by atoms with van der Waals surface area (Å²) in [4.78, 5) is 8.98. The van der Waals surface area contributed by atoms with E-state index in [1.165, 1.54) is 0 Å². The van der Waals surface area contributed by atoms with E-state index in [1.807, 2.05) is 6.92 Å². The van der Waals surface area contributed by atoms with E-state index in [0.29, 0.717) is 17.6 Å². The molecule has 0 amide bonds. The molecular weight excluding hydrogens is 286 g/mol. The predicted octanol–water partition coefficient (Wildman–Crippen LogP) is 3.67. The second kappa shape index (κ2) is 5.73. The van der Waals surface area contributed by atoms with Gasteiger partial charge in [0.1, 0.15) is 16.8 Å². The SMILES string of the molecule is Cc1c(Cl)nc(C2CC2)nc1NCC1(O)CCC(C)CC1. The second-order valence-corrected chi connectivity index (χ2v) is 7.24. The average molecular weight is 310 g/mol. The Labute approximate surface area is 131 Å². The van der Waals surface area contributed by atoms with Crippen molar-refractivity contribution in [1.82, 2.24) is 9.97 Å². The molecule has 0 spiro atoms. The molecule has 2 aliphatic rings. The van der Waals surface area contributed by atoms with Crippen molar-refractivity contribution in [3.8, 4) is 0 Å². The molecule has 2 aliphatic carbocycles. The van der Waals surface area contributed by atoms with Crippen molar-refractivity contribution >= 4 is 17.4 Å². The first kappa shape index (κ1) is 15.0. The Bertz CT molecular complexity index is 522. The summed E-state index contributed by atoms with van der Waals surface area (Å²) in [5.41, 5.74) is 0.254. The van der Waals surface area contributed by atoms with Gasteiger partial charge in [0.2, 0.25) is 0 Å². The van der Waals surface area contributed by atoms with E-state index in [4.69, 9.17) is 11.6 Å². The Kier molecular flexibility index (Phi) is 4.10. The first-order valence-corrected chi connectivity index (χ1v) is 8.35. The fourth-order valence-electron chi connectivity index (χ4n) is 2.93. The lowest BCUT2D eigenvalue weighted by atomic mass is 9.79. The van der Waals surface area contributed by atoms with E-state index in [9.17, 15) is 5.11 Å². The van der Waals surface area contributed by atoms with Crippen LogP contribution >= 0.6 is 11.6 Å². The van der Waals surface area contributed by atoms with Gasteiger partial charge in [-0.1, -0.05) is 18.5 Å². The van der Waals surface area contributed by atoms with E-state index in [1.54, 1.807) is 0 Å². The standard InChI is InChI=1S/C16H24ClN3O/c1-10-5-7-16(21,8-6-10)9-18-14-11(2)13(17)19-15(20-14)12-3-4-12/h10,12,21H,3-9H2,1-2H3,(H,18,19,20). The third kappa shape index (κ3) is 3.49. The van der Waals surface area contributed by atoms with Gasteiger partial charge in [0, 0.05) is 18.0 Å². The molecule has 1 aromatic heterocycles. The molecule has 1 aromatic rings. The van der Waals surface area contributed by atoms with Gasteiger partial charge in [-0.25, -0.2) is 9.97 Å². The van der Waals surface area contributed by atoms with Gasteiger partial charge in [-0.3, -0.25) is 0 Å². The largest absolute Gasteiger partial charge is 0.388 e. The van der Waals surface area contributed by atoms with Gasteiger partial charge in [-0.15, -0.1) is 0 Å². The fourth-order valence-corrected chi connectivity index (χ4v) is 3.10. The monoisotopic (exact) mass is 309 g/mol. The molecule has 1 heterocycles. The molecule has 0 atom stereocenters. The highest BCUT2D eigenvalue weighted by Crippen LogP contribution is 2.39. The second-order valence-electron chi connectivity index (χ2n) is 6.88. The van der Waals surface area contributed by atoms with E-state index in [-0.39, 0.29) is 0 Å². The molecule has 0 aromatic carbocycles. The molecule has 0 radical (unpaired) electrons. The average Bonchev–Trinajstić information content (AvgIpc) is 3.29. The highest BCUT2D eigenvalue weighted by atomic mass is 35.5. The molecule has 2 N–H and O–H groups in total. The molecule has 5 heteroatoms. The highest BCUT2D eigenvalue weighted by Gasteiger charge is 2.32. The topological polar surface area (TPSA) is 58.0 Å². The summed E-state index contributed by atoms with van der Waals surface area (Å²) in [7, 11) is 0. The normalized spacial score (nSPS) is 29.4. The summed E-state index contributed by atoms with van der Waals surface area (Å²) in [5, 5.41) is 14.5. The third-order valence-corrected chi connectivity index (χ3v) is 5.20. The number of anilines is 1. The Morgan fingerprint density at radius 1 is 1.24 bits per heavy atom. The van der Waals surface area contributed by atoms with E-state index < -0.39 is 5.60 Å². The Morgan fingerprint density at radius 3 is 2.52 bits per heavy atom. The minimum Gasteiger partial charge on any atom is -0.388 e. The maximum absolute atomic E-state index is 10.7. The van der Waals surface area contributed by atoms with Crippen molar-refractivity contribution in [3.05, 3.63) is 16.5 Å². The zero-order valence-corrected chi connectivity index (χ0v) is 13.6. The summed E-state index contributed by atoms with van der Waals surface area (Å²) in [6.45, 7) is 4.72. The Balaban J connectivity index is 1.69. The summed E-state index contributed by atoms with van der Waals surface area (Å²) < 4.78 is 0. The number of aliphatic hydroxyl groups is 1. The van der Waals surface area contributed by atoms with Crippen LogP contribution in [-0.4, -0.2) is 27.2 Å². The molecule has 21 heavy (non-hydrogen) atoms. The molecule has 0 saturated heterocycles. The molecule has 4 nitrogen and oxygen atoms in total. The van der Waals surface area contributed by atoms with Gasteiger partial charge in [-0.05, 0) is 51.4 Å². The number of aromatic nitrogens is 2. The Hall–Kier alpha value is -0.870. The lowest BCUT2D eigenvalue weighted by Gasteiger charge is -2.35. The number of rotatable bonds is 4. The zero-order valence-electron chi connectivity index (χ0n) is 12.8. The number of nitrogens with zero attached hydrogens (tertiary/aromatic N) is 2. The summed E-state index contributed by atoms with van der Waals surface area (Å²) in [5.74, 6) is 2.82. The van der Waals surface area contributed by atoms with Gasteiger partial charge in [0.05, 0.1) is 5.60 Å². The maximum atomic E-state index is 10.7. The summed E-state index contributed by atoms with van der Waals surface area (Å²) in [6, 6.07) is 0. The number of hydrogen-bond acceptors (Lipinski definition) is 4. The summed E-state index contributed by atoms with van der Waals surface area (Å²) in [6.07, 6.45) is 6.20. The first-order valence-electron chi connectivity index (χ1n) is 7.97. The number of hydrogen-bond donors (Lipinski definition) is 2. The quantitative estimate of drug-likeness (QED) is 0.833. The van der Waals surface area contributed by atoms with Gasteiger partial charge in [0.25, 0.3) is 0 Å². The molecule has 3 rings (SSSR count). The van der Waals surface area contributed by atoms with Crippen LogP contribution in [0.1, 0.15) is 62.8 Å². The molecule has 116 valence electrons. The molecule has 0 aliphatic heterocycles. The van der Waals surface area contributed by atoms with Gasteiger partial charge in [-0.2, -0.15) is 0 Å². The lowest BCUT2D eigenvalue weighted by Crippen LogP contribution is -2.40. The van der Waals surface area contributed by atoms with Gasteiger partial charge >= 0.3 is 0 Å².